The van der Waals surface area contributed by atoms with Crippen LogP contribution in [-0.2, 0) is 17.9 Å². The van der Waals surface area contributed by atoms with Gasteiger partial charge < -0.3 is 10.4 Å². The number of benzene rings is 1. The highest BCUT2D eigenvalue weighted by Gasteiger charge is 2.17. The van der Waals surface area contributed by atoms with E-state index >= 15 is 0 Å². The van der Waals surface area contributed by atoms with E-state index in [0.717, 1.165) is 15.9 Å². The summed E-state index contributed by atoms with van der Waals surface area (Å²) in [4.78, 5) is 23.5. The van der Waals surface area contributed by atoms with E-state index in [1.54, 1.807) is 17.7 Å². The van der Waals surface area contributed by atoms with Crippen LogP contribution in [0.2, 0.25) is 5.02 Å². The first-order valence-electron chi connectivity index (χ1n) is 8.18. The van der Waals surface area contributed by atoms with Crippen LogP contribution in [0.3, 0.4) is 0 Å². The van der Waals surface area contributed by atoms with E-state index in [2.05, 4.69) is 15.5 Å². The van der Waals surface area contributed by atoms with E-state index < -0.39 is 5.97 Å². The van der Waals surface area contributed by atoms with Crippen LogP contribution in [0.4, 0.5) is 5.69 Å². The van der Waals surface area contributed by atoms with Crippen molar-refractivity contribution in [2.45, 2.75) is 26.9 Å². The van der Waals surface area contributed by atoms with Gasteiger partial charge in [-0.1, -0.05) is 23.7 Å². The minimum atomic E-state index is -1.14. The van der Waals surface area contributed by atoms with Crippen molar-refractivity contribution in [3.8, 4) is 0 Å². The van der Waals surface area contributed by atoms with Crippen molar-refractivity contribution in [3.63, 3.8) is 0 Å². The minimum Gasteiger partial charge on any atom is -0.477 e. The number of carboxylic acid groups (broad SMARTS) is 1. The molecular weight excluding hydrogens is 370 g/mol. The molecule has 2 heterocycles. The average Bonchev–Trinajstić information content (AvgIpc) is 3.15. The third kappa shape index (κ3) is 4.17. The van der Waals surface area contributed by atoms with Crippen molar-refractivity contribution in [3.05, 3.63) is 64.2 Å². The lowest BCUT2D eigenvalue weighted by atomic mass is 10.2. The number of halogens is 1. The number of rotatable bonds is 6. The van der Waals surface area contributed by atoms with Gasteiger partial charge in [-0.25, -0.2) is 9.48 Å². The van der Waals surface area contributed by atoms with Gasteiger partial charge in [-0.3, -0.25) is 9.48 Å². The molecule has 2 N–H and O–H groups in total. The average molecular weight is 388 g/mol. The maximum Gasteiger partial charge on any atom is 0.354 e. The number of aromatic nitrogens is 4. The summed E-state index contributed by atoms with van der Waals surface area (Å²) >= 11 is 6.02. The van der Waals surface area contributed by atoms with Gasteiger partial charge in [-0.2, -0.15) is 10.2 Å². The number of aromatic carboxylic acids is 1. The third-order valence-electron chi connectivity index (χ3n) is 4.10. The van der Waals surface area contributed by atoms with E-state index in [-0.39, 0.29) is 18.1 Å². The van der Waals surface area contributed by atoms with Gasteiger partial charge in [0.25, 0.3) is 0 Å². The topological polar surface area (TPSA) is 102 Å². The van der Waals surface area contributed by atoms with Gasteiger partial charge in [-0.15, -0.1) is 0 Å². The lowest BCUT2D eigenvalue weighted by Gasteiger charge is -2.08. The number of amides is 1. The molecule has 0 spiro atoms. The molecule has 2 aromatic heterocycles. The molecule has 3 rings (SSSR count). The van der Waals surface area contributed by atoms with Crippen LogP contribution < -0.4 is 5.32 Å². The fraction of sp³-hybridized carbons (Fsp3) is 0.222. The normalized spacial score (nSPS) is 10.8. The monoisotopic (exact) mass is 387 g/mol. The molecule has 1 aromatic carbocycles. The number of carboxylic acids is 1. The van der Waals surface area contributed by atoms with Gasteiger partial charge in [0.15, 0.2) is 0 Å². The van der Waals surface area contributed by atoms with Crippen LogP contribution in [0, 0.1) is 13.8 Å². The summed E-state index contributed by atoms with van der Waals surface area (Å²) in [6.07, 6.45) is 1.34. The highest BCUT2D eigenvalue weighted by atomic mass is 35.5. The number of hydrogen-bond acceptors (Lipinski definition) is 4. The van der Waals surface area contributed by atoms with Gasteiger partial charge in [0.1, 0.15) is 12.2 Å². The van der Waals surface area contributed by atoms with E-state index in [4.69, 9.17) is 16.7 Å². The molecule has 9 heteroatoms. The quantitative estimate of drug-likeness (QED) is 0.677. The molecule has 0 aliphatic heterocycles. The Bertz CT molecular complexity index is 1010. The van der Waals surface area contributed by atoms with E-state index in [1.165, 1.54) is 12.3 Å². The summed E-state index contributed by atoms with van der Waals surface area (Å²) in [6, 6.07) is 8.83. The largest absolute Gasteiger partial charge is 0.477 e. The van der Waals surface area contributed by atoms with Crippen molar-refractivity contribution >= 4 is 29.2 Å². The molecular formula is C18H18ClN5O3. The smallest absolute Gasteiger partial charge is 0.354 e. The fourth-order valence-electron chi connectivity index (χ4n) is 2.80. The molecule has 8 nitrogen and oxygen atoms in total. The Balaban J connectivity index is 1.75. The minimum absolute atomic E-state index is 0.0461. The lowest BCUT2D eigenvalue weighted by molar-refractivity contribution is -0.116. The van der Waals surface area contributed by atoms with Crippen molar-refractivity contribution < 1.29 is 14.7 Å². The fourth-order valence-corrected chi connectivity index (χ4v) is 3.01. The van der Waals surface area contributed by atoms with Crippen LogP contribution in [-0.4, -0.2) is 36.5 Å². The SMILES string of the molecule is Cc1nn(Cc2cccc(Cl)c2)c(C)c1NC(=O)Cn1nccc1C(=O)O. The first kappa shape index (κ1) is 18.7. The molecule has 140 valence electrons. The number of anilines is 1. The predicted octanol–water partition coefficient (Wildman–Crippen LogP) is 2.74. The van der Waals surface area contributed by atoms with E-state index in [9.17, 15) is 9.59 Å². The molecule has 0 saturated heterocycles. The van der Waals surface area contributed by atoms with Crippen molar-refractivity contribution in [2.24, 2.45) is 0 Å². The summed E-state index contributed by atoms with van der Waals surface area (Å²) in [5.41, 5.74) is 3.01. The Kier molecular flexibility index (Phi) is 5.27. The summed E-state index contributed by atoms with van der Waals surface area (Å²) in [7, 11) is 0. The molecule has 1 amide bonds. The Morgan fingerprint density at radius 3 is 2.70 bits per heavy atom. The maximum absolute atomic E-state index is 12.4. The Labute approximate surface area is 160 Å². The van der Waals surface area contributed by atoms with E-state index in [1.807, 2.05) is 25.1 Å². The van der Waals surface area contributed by atoms with Crippen molar-refractivity contribution in [1.82, 2.24) is 19.6 Å². The number of carbonyl (C=O) groups excluding carboxylic acids is 1. The van der Waals surface area contributed by atoms with Gasteiger partial charge in [-0.05, 0) is 37.6 Å². The number of aryl methyl sites for hydroxylation is 1. The second-order valence-electron chi connectivity index (χ2n) is 6.06. The van der Waals surface area contributed by atoms with Crippen LogP contribution in [0.5, 0.6) is 0 Å². The standard InChI is InChI=1S/C18H18ClN5O3/c1-11-17(21-16(25)10-24-15(18(26)27)6-7-20-24)12(2)23(22-11)9-13-4-3-5-14(19)8-13/h3-8H,9-10H2,1-2H3,(H,21,25)(H,26,27). The molecule has 0 radical (unpaired) electrons. The van der Waals surface area contributed by atoms with Crippen molar-refractivity contribution in [1.29, 1.82) is 0 Å². The number of nitrogens with one attached hydrogen (secondary N) is 1. The highest BCUT2D eigenvalue weighted by Crippen LogP contribution is 2.21. The maximum atomic E-state index is 12.4. The molecule has 0 saturated carbocycles. The third-order valence-corrected chi connectivity index (χ3v) is 4.33. The molecule has 27 heavy (non-hydrogen) atoms. The highest BCUT2D eigenvalue weighted by molar-refractivity contribution is 6.30. The first-order valence-corrected chi connectivity index (χ1v) is 8.56. The second-order valence-corrected chi connectivity index (χ2v) is 6.50. The lowest BCUT2D eigenvalue weighted by Crippen LogP contribution is -2.22. The Morgan fingerprint density at radius 2 is 2.00 bits per heavy atom. The first-order chi connectivity index (χ1) is 12.8. The Morgan fingerprint density at radius 1 is 1.22 bits per heavy atom. The van der Waals surface area contributed by atoms with Crippen molar-refractivity contribution in [2.75, 3.05) is 5.32 Å². The van der Waals surface area contributed by atoms with Gasteiger partial charge >= 0.3 is 5.97 Å². The second kappa shape index (κ2) is 7.63. The van der Waals surface area contributed by atoms with Crippen LogP contribution in [0.15, 0.2) is 36.5 Å². The predicted molar refractivity (Wildman–Crippen MR) is 100 cm³/mol. The van der Waals surface area contributed by atoms with Gasteiger partial charge in [0.2, 0.25) is 5.91 Å². The summed E-state index contributed by atoms with van der Waals surface area (Å²) in [5, 5.41) is 20.9. The zero-order chi connectivity index (χ0) is 19.6. The van der Waals surface area contributed by atoms with Crippen LogP contribution >= 0.6 is 11.6 Å². The summed E-state index contributed by atoms with van der Waals surface area (Å²) < 4.78 is 2.92. The molecule has 0 aliphatic rings. The van der Waals surface area contributed by atoms with E-state index in [0.29, 0.717) is 22.9 Å². The molecule has 0 unspecified atom stereocenters. The molecule has 0 aliphatic carbocycles. The summed E-state index contributed by atoms with van der Waals surface area (Å²) in [5.74, 6) is -1.52. The zero-order valence-corrected chi connectivity index (χ0v) is 15.6. The van der Waals surface area contributed by atoms with Crippen LogP contribution in [0.1, 0.15) is 27.4 Å². The van der Waals surface area contributed by atoms with Gasteiger partial charge in [0.05, 0.1) is 23.6 Å². The zero-order valence-electron chi connectivity index (χ0n) is 14.8. The Hall–Kier alpha value is -3.13. The molecule has 0 fully saturated rings. The number of nitrogens with zero attached hydrogens (tertiary/aromatic N) is 4. The number of carbonyl (C=O) groups is 2. The molecule has 3 aromatic rings. The van der Waals surface area contributed by atoms with Gasteiger partial charge in [0, 0.05) is 11.2 Å². The molecule has 0 bridgehead atoms. The van der Waals surface area contributed by atoms with Crippen LogP contribution in [0.25, 0.3) is 0 Å². The molecule has 0 atom stereocenters. The summed E-state index contributed by atoms with van der Waals surface area (Å²) in [6.45, 7) is 3.98. The number of hydrogen-bond donors (Lipinski definition) is 2.